The Bertz CT molecular complexity index is 454. The molecule has 1 aliphatic heterocycles. The van der Waals surface area contributed by atoms with Gasteiger partial charge in [-0.2, -0.15) is 0 Å². The molecule has 0 saturated carbocycles. The molecule has 0 bridgehead atoms. The minimum absolute atomic E-state index is 0.00191. The summed E-state index contributed by atoms with van der Waals surface area (Å²) in [5, 5.41) is 7.64. The van der Waals surface area contributed by atoms with Gasteiger partial charge in [-0.15, -0.1) is 0 Å². The maximum Gasteiger partial charge on any atom is 0.225 e. The van der Waals surface area contributed by atoms with Crippen molar-refractivity contribution in [2.75, 3.05) is 13.2 Å². The number of hydrogen-bond donors (Lipinski definition) is 2. The molecule has 5 nitrogen and oxygen atoms in total. The molecule has 2 heterocycles. The van der Waals surface area contributed by atoms with Gasteiger partial charge in [-0.25, -0.2) is 4.98 Å². The van der Waals surface area contributed by atoms with E-state index in [4.69, 9.17) is 20.6 Å². The molecule has 1 fully saturated rings. The first kappa shape index (κ1) is 12.8. The number of nitrogens with one attached hydrogen (secondary N) is 1. The van der Waals surface area contributed by atoms with Crippen molar-refractivity contribution in [1.29, 1.82) is 5.41 Å². The van der Waals surface area contributed by atoms with Gasteiger partial charge in [0.2, 0.25) is 5.88 Å². The van der Waals surface area contributed by atoms with E-state index in [2.05, 4.69) is 4.98 Å². The molecule has 0 aliphatic carbocycles. The highest BCUT2D eigenvalue weighted by Crippen LogP contribution is 2.23. The van der Waals surface area contributed by atoms with Crippen molar-refractivity contribution in [3.63, 3.8) is 0 Å². The Labute approximate surface area is 107 Å². The number of amidine groups is 1. The van der Waals surface area contributed by atoms with Gasteiger partial charge in [0.1, 0.15) is 11.9 Å². The molecular formula is C13H19N3O2. The second-order valence-electron chi connectivity index (χ2n) is 4.60. The number of hydrogen-bond acceptors (Lipinski definition) is 4. The summed E-state index contributed by atoms with van der Waals surface area (Å²) in [7, 11) is 0. The fourth-order valence-corrected chi connectivity index (χ4v) is 2.17. The first-order valence-electron chi connectivity index (χ1n) is 6.15. The lowest BCUT2D eigenvalue weighted by Gasteiger charge is -2.24. The summed E-state index contributed by atoms with van der Waals surface area (Å²) in [5.41, 5.74) is 8.02. The van der Waals surface area contributed by atoms with Crippen LogP contribution in [0.5, 0.6) is 5.88 Å². The summed E-state index contributed by atoms with van der Waals surface area (Å²) in [6, 6.07) is 1.91. The lowest BCUT2D eigenvalue weighted by Crippen LogP contribution is -2.28. The largest absolute Gasteiger partial charge is 0.474 e. The van der Waals surface area contributed by atoms with E-state index in [-0.39, 0.29) is 11.9 Å². The average Bonchev–Trinajstić information content (AvgIpc) is 2.28. The molecule has 1 aromatic rings. The van der Waals surface area contributed by atoms with Gasteiger partial charge in [-0.05, 0) is 25.5 Å². The topological polar surface area (TPSA) is 81.2 Å². The fourth-order valence-electron chi connectivity index (χ4n) is 2.17. The highest BCUT2D eigenvalue weighted by atomic mass is 16.5. The zero-order valence-corrected chi connectivity index (χ0v) is 10.8. The second-order valence-corrected chi connectivity index (χ2v) is 4.60. The monoisotopic (exact) mass is 249 g/mol. The molecule has 0 aromatic carbocycles. The summed E-state index contributed by atoms with van der Waals surface area (Å²) in [6.45, 7) is 5.26. The van der Waals surface area contributed by atoms with Gasteiger partial charge in [-0.3, -0.25) is 5.41 Å². The Morgan fingerprint density at radius 2 is 2.11 bits per heavy atom. The molecule has 18 heavy (non-hydrogen) atoms. The lowest BCUT2D eigenvalue weighted by atomic mass is 10.1. The van der Waals surface area contributed by atoms with E-state index < -0.39 is 0 Å². The molecule has 98 valence electrons. The number of aromatic nitrogens is 1. The minimum atomic E-state index is 0.00191. The van der Waals surface area contributed by atoms with E-state index >= 15 is 0 Å². The highest BCUT2D eigenvalue weighted by Gasteiger charge is 2.20. The summed E-state index contributed by atoms with van der Waals surface area (Å²) < 4.78 is 11.2. The van der Waals surface area contributed by atoms with Crippen LogP contribution in [-0.4, -0.2) is 30.1 Å². The molecule has 0 unspecified atom stereocenters. The normalized spacial score (nSPS) is 16.6. The first-order chi connectivity index (χ1) is 8.58. The van der Waals surface area contributed by atoms with Crippen LogP contribution in [0.25, 0.3) is 0 Å². The Hall–Kier alpha value is -1.62. The van der Waals surface area contributed by atoms with Crippen LogP contribution in [-0.2, 0) is 4.74 Å². The highest BCUT2D eigenvalue weighted by molar-refractivity contribution is 5.98. The predicted molar refractivity (Wildman–Crippen MR) is 69.2 cm³/mol. The molecule has 3 N–H and O–H groups in total. The van der Waals surface area contributed by atoms with Crippen LogP contribution in [0.2, 0.25) is 0 Å². The van der Waals surface area contributed by atoms with Crippen molar-refractivity contribution in [1.82, 2.24) is 4.98 Å². The zero-order chi connectivity index (χ0) is 13.1. The van der Waals surface area contributed by atoms with E-state index in [1.807, 2.05) is 19.9 Å². The molecule has 1 saturated heterocycles. The minimum Gasteiger partial charge on any atom is -0.474 e. The van der Waals surface area contributed by atoms with Crippen molar-refractivity contribution in [2.24, 2.45) is 5.73 Å². The third-order valence-corrected chi connectivity index (χ3v) is 3.03. The van der Waals surface area contributed by atoms with Crippen LogP contribution >= 0.6 is 0 Å². The Kier molecular flexibility index (Phi) is 3.81. The van der Waals surface area contributed by atoms with Crippen molar-refractivity contribution in [3.8, 4) is 5.88 Å². The summed E-state index contributed by atoms with van der Waals surface area (Å²) >= 11 is 0. The quantitative estimate of drug-likeness (QED) is 0.629. The first-order valence-corrected chi connectivity index (χ1v) is 6.15. The van der Waals surface area contributed by atoms with Crippen molar-refractivity contribution < 1.29 is 9.47 Å². The number of aryl methyl sites for hydroxylation is 2. The lowest BCUT2D eigenvalue weighted by molar-refractivity contribution is 0.0236. The second kappa shape index (κ2) is 5.35. The summed E-state index contributed by atoms with van der Waals surface area (Å²) in [6.07, 6.45) is 1.81. The number of ether oxygens (including phenoxy) is 2. The molecule has 1 aromatic heterocycles. The van der Waals surface area contributed by atoms with Gasteiger partial charge in [0.05, 0.1) is 18.8 Å². The summed E-state index contributed by atoms with van der Waals surface area (Å²) in [4.78, 5) is 4.37. The number of nitrogen functional groups attached to an aromatic ring is 1. The van der Waals surface area contributed by atoms with Crippen LogP contribution in [0.1, 0.15) is 29.7 Å². The number of rotatable bonds is 3. The van der Waals surface area contributed by atoms with Gasteiger partial charge >= 0.3 is 0 Å². The molecule has 0 amide bonds. The maximum atomic E-state index is 7.64. The van der Waals surface area contributed by atoms with Gasteiger partial charge in [0, 0.05) is 18.5 Å². The smallest absolute Gasteiger partial charge is 0.225 e. The van der Waals surface area contributed by atoms with E-state index in [1.54, 1.807) is 0 Å². The van der Waals surface area contributed by atoms with Gasteiger partial charge in [0.15, 0.2) is 0 Å². The number of nitrogens with two attached hydrogens (primary N) is 1. The Morgan fingerprint density at radius 3 is 2.72 bits per heavy atom. The molecule has 2 rings (SSSR count). The molecular weight excluding hydrogens is 230 g/mol. The molecule has 0 spiro atoms. The third kappa shape index (κ3) is 2.79. The van der Waals surface area contributed by atoms with E-state index in [1.165, 1.54) is 0 Å². The van der Waals surface area contributed by atoms with Gasteiger partial charge in [0.25, 0.3) is 0 Å². The number of pyridine rings is 1. The average molecular weight is 249 g/mol. The maximum absolute atomic E-state index is 7.64. The molecule has 0 radical (unpaired) electrons. The van der Waals surface area contributed by atoms with Crippen LogP contribution in [0.4, 0.5) is 0 Å². The molecule has 0 atom stereocenters. The van der Waals surface area contributed by atoms with E-state index in [0.717, 1.165) is 24.1 Å². The van der Waals surface area contributed by atoms with Crippen molar-refractivity contribution >= 4 is 5.84 Å². The van der Waals surface area contributed by atoms with Crippen LogP contribution in [0.3, 0.4) is 0 Å². The van der Waals surface area contributed by atoms with Gasteiger partial charge < -0.3 is 15.2 Å². The third-order valence-electron chi connectivity index (χ3n) is 3.03. The Morgan fingerprint density at radius 1 is 1.44 bits per heavy atom. The molecule has 5 heteroatoms. The van der Waals surface area contributed by atoms with E-state index in [0.29, 0.717) is 24.7 Å². The standard InChI is InChI=1S/C13H19N3O2/c1-8-7-9(2)16-13(11(8)12(14)15)18-10-3-5-17-6-4-10/h7,10H,3-6H2,1-2H3,(H3,14,15). The van der Waals surface area contributed by atoms with Crippen molar-refractivity contribution in [2.45, 2.75) is 32.8 Å². The van der Waals surface area contributed by atoms with Crippen LogP contribution < -0.4 is 10.5 Å². The van der Waals surface area contributed by atoms with Crippen LogP contribution in [0, 0.1) is 19.3 Å². The Balaban J connectivity index is 2.27. The van der Waals surface area contributed by atoms with E-state index in [9.17, 15) is 0 Å². The zero-order valence-electron chi connectivity index (χ0n) is 10.8. The van der Waals surface area contributed by atoms with Gasteiger partial charge in [-0.1, -0.05) is 0 Å². The molecule has 1 aliphatic rings. The van der Waals surface area contributed by atoms with Crippen molar-refractivity contribution in [3.05, 3.63) is 22.9 Å². The predicted octanol–water partition coefficient (Wildman–Crippen LogP) is 1.54. The number of nitrogens with zero attached hydrogens (tertiary/aromatic N) is 1. The SMILES string of the molecule is Cc1cc(C)c(C(=N)N)c(OC2CCOCC2)n1. The summed E-state index contributed by atoms with van der Waals surface area (Å²) in [5.74, 6) is 0.481. The fraction of sp³-hybridized carbons (Fsp3) is 0.538. The van der Waals surface area contributed by atoms with Crippen LogP contribution in [0.15, 0.2) is 6.07 Å².